The second-order valence-corrected chi connectivity index (χ2v) is 7.14. The molecular weight excluding hydrogens is 398 g/mol. The summed E-state index contributed by atoms with van der Waals surface area (Å²) >= 11 is 6.01. The summed E-state index contributed by atoms with van der Waals surface area (Å²) in [5, 5.41) is 11.4. The van der Waals surface area contributed by atoms with Crippen LogP contribution in [0.4, 0.5) is 5.69 Å². The lowest BCUT2D eigenvalue weighted by Crippen LogP contribution is -2.24. The van der Waals surface area contributed by atoms with E-state index in [1.54, 1.807) is 30.5 Å². The van der Waals surface area contributed by atoms with Gasteiger partial charge in [-0.15, -0.1) is 0 Å². The van der Waals surface area contributed by atoms with Crippen molar-refractivity contribution < 1.29 is 9.59 Å². The Labute approximate surface area is 178 Å². The zero-order chi connectivity index (χ0) is 20.9. The molecule has 30 heavy (non-hydrogen) atoms. The van der Waals surface area contributed by atoms with Gasteiger partial charge in [-0.2, -0.15) is 5.10 Å². The highest BCUT2D eigenvalue weighted by Gasteiger charge is 2.11. The summed E-state index contributed by atoms with van der Waals surface area (Å²) in [6.45, 7) is 0. The average molecular weight is 416 g/mol. The highest BCUT2D eigenvalue weighted by molar-refractivity contribution is 6.33. The lowest BCUT2D eigenvalue weighted by Gasteiger charge is -2.08. The summed E-state index contributed by atoms with van der Waals surface area (Å²) in [6, 6.07) is 25.0. The van der Waals surface area contributed by atoms with Gasteiger partial charge in [-0.05, 0) is 39.7 Å². The average Bonchev–Trinajstić information content (AvgIpc) is 2.75. The fourth-order valence-electron chi connectivity index (χ4n) is 3.30. The first-order valence-corrected chi connectivity index (χ1v) is 9.76. The van der Waals surface area contributed by atoms with Crippen LogP contribution < -0.4 is 10.7 Å². The van der Waals surface area contributed by atoms with Crippen molar-refractivity contribution >= 4 is 56.9 Å². The van der Waals surface area contributed by atoms with E-state index >= 15 is 0 Å². The number of carbonyl (C=O) groups is 2. The number of hydrogen-bond acceptors (Lipinski definition) is 3. The van der Waals surface area contributed by atoms with Crippen LogP contribution in [0.2, 0.25) is 5.02 Å². The van der Waals surface area contributed by atoms with Crippen LogP contribution in [0.1, 0.15) is 12.0 Å². The molecule has 4 aromatic rings. The maximum absolute atomic E-state index is 12.1. The zero-order valence-electron chi connectivity index (χ0n) is 15.9. The second kappa shape index (κ2) is 8.76. The number of fused-ring (bicyclic) bond motifs is 2. The van der Waals surface area contributed by atoms with E-state index in [4.69, 9.17) is 11.6 Å². The van der Waals surface area contributed by atoms with Gasteiger partial charge in [0.1, 0.15) is 6.42 Å². The van der Waals surface area contributed by atoms with E-state index in [0.29, 0.717) is 10.7 Å². The topological polar surface area (TPSA) is 70.6 Å². The maximum Gasteiger partial charge on any atom is 0.249 e. The van der Waals surface area contributed by atoms with Gasteiger partial charge < -0.3 is 5.32 Å². The quantitative estimate of drug-likeness (QED) is 0.205. The smallest absolute Gasteiger partial charge is 0.249 e. The molecule has 0 aliphatic carbocycles. The Balaban J connectivity index is 1.49. The highest BCUT2D eigenvalue weighted by atomic mass is 35.5. The van der Waals surface area contributed by atoms with Crippen LogP contribution in [-0.4, -0.2) is 18.0 Å². The molecule has 5 nitrogen and oxygen atoms in total. The molecule has 2 amide bonds. The Kier molecular flexibility index (Phi) is 5.72. The van der Waals surface area contributed by atoms with Crippen LogP contribution in [0.25, 0.3) is 21.5 Å². The number of nitrogens with one attached hydrogen (secondary N) is 2. The number of benzene rings is 4. The maximum atomic E-state index is 12.1. The van der Waals surface area contributed by atoms with E-state index in [9.17, 15) is 9.59 Å². The van der Waals surface area contributed by atoms with Crippen molar-refractivity contribution in [3.63, 3.8) is 0 Å². The van der Waals surface area contributed by atoms with Gasteiger partial charge >= 0.3 is 0 Å². The van der Waals surface area contributed by atoms with Crippen molar-refractivity contribution in [1.29, 1.82) is 0 Å². The molecule has 0 unspecified atom stereocenters. The molecule has 0 heterocycles. The Morgan fingerprint density at radius 2 is 1.43 bits per heavy atom. The van der Waals surface area contributed by atoms with Crippen LogP contribution >= 0.6 is 11.6 Å². The number of halogens is 1. The third-order valence-corrected chi connectivity index (χ3v) is 4.99. The molecule has 0 saturated heterocycles. The van der Waals surface area contributed by atoms with Gasteiger partial charge in [0.05, 0.1) is 16.9 Å². The molecule has 4 rings (SSSR count). The van der Waals surface area contributed by atoms with Crippen molar-refractivity contribution in [2.75, 3.05) is 5.32 Å². The minimum atomic E-state index is -0.514. The van der Waals surface area contributed by atoms with E-state index in [-0.39, 0.29) is 6.42 Å². The predicted octanol–water partition coefficient (Wildman–Crippen LogP) is 5.13. The van der Waals surface area contributed by atoms with Crippen molar-refractivity contribution in [3.05, 3.63) is 89.4 Å². The number of para-hydroxylation sites is 1. The predicted molar refractivity (Wildman–Crippen MR) is 122 cm³/mol. The zero-order valence-corrected chi connectivity index (χ0v) is 16.7. The summed E-state index contributed by atoms with van der Waals surface area (Å²) in [7, 11) is 0. The first kappa shape index (κ1) is 19.6. The number of anilines is 1. The number of nitrogens with zero attached hydrogens (tertiary/aromatic N) is 1. The molecule has 0 aliphatic rings. The second-order valence-electron chi connectivity index (χ2n) is 6.73. The normalized spacial score (nSPS) is 11.1. The summed E-state index contributed by atoms with van der Waals surface area (Å²) in [5.41, 5.74) is 3.80. The molecule has 6 heteroatoms. The Hall–Kier alpha value is -3.70. The minimum Gasteiger partial charge on any atom is -0.324 e. The molecular formula is C24H18ClN3O2. The molecule has 0 saturated carbocycles. The van der Waals surface area contributed by atoms with Gasteiger partial charge in [0.2, 0.25) is 11.8 Å². The monoisotopic (exact) mass is 415 g/mol. The van der Waals surface area contributed by atoms with Gasteiger partial charge in [-0.25, -0.2) is 5.43 Å². The molecule has 0 radical (unpaired) electrons. The highest BCUT2D eigenvalue weighted by Crippen LogP contribution is 2.27. The van der Waals surface area contributed by atoms with E-state index in [1.807, 2.05) is 48.5 Å². The third-order valence-electron chi connectivity index (χ3n) is 4.66. The standard InChI is InChI=1S/C24H18ClN3O2/c25-21-11-5-6-12-22(21)27-23(29)14-24(30)28-26-15-20-18-9-3-1-7-16(18)13-17-8-2-4-10-19(17)20/h1-13,15H,14H2,(H,27,29)(H,28,30). The summed E-state index contributed by atoms with van der Waals surface area (Å²) in [6.07, 6.45) is 1.26. The van der Waals surface area contributed by atoms with Crippen LogP contribution in [0, 0.1) is 0 Å². The number of hydrazone groups is 1. The van der Waals surface area contributed by atoms with Gasteiger partial charge in [-0.3, -0.25) is 9.59 Å². The Morgan fingerprint density at radius 3 is 2.10 bits per heavy atom. The third kappa shape index (κ3) is 4.31. The minimum absolute atomic E-state index is 0.362. The molecule has 0 fully saturated rings. The van der Waals surface area contributed by atoms with Crippen molar-refractivity contribution in [3.8, 4) is 0 Å². The number of rotatable bonds is 5. The number of carbonyl (C=O) groups excluding carboxylic acids is 2. The fourth-order valence-corrected chi connectivity index (χ4v) is 3.48. The van der Waals surface area contributed by atoms with E-state index < -0.39 is 11.8 Å². The van der Waals surface area contributed by atoms with E-state index in [0.717, 1.165) is 27.1 Å². The fraction of sp³-hybridized carbons (Fsp3) is 0.0417. The van der Waals surface area contributed by atoms with Crippen LogP contribution in [0.3, 0.4) is 0 Å². The molecule has 0 aromatic heterocycles. The molecule has 0 bridgehead atoms. The lowest BCUT2D eigenvalue weighted by atomic mass is 9.97. The van der Waals surface area contributed by atoms with Crippen LogP contribution in [-0.2, 0) is 9.59 Å². The molecule has 0 aliphatic heterocycles. The number of amides is 2. The SMILES string of the molecule is O=C(CC(=O)Nc1ccccc1Cl)NN=Cc1c2ccccc2cc2ccccc12. The number of hydrogen-bond donors (Lipinski definition) is 2. The largest absolute Gasteiger partial charge is 0.324 e. The Bertz CT molecular complexity index is 1230. The Morgan fingerprint density at radius 1 is 0.833 bits per heavy atom. The first-order chi connectivity index (χ1) is 14.6. The van der Waals surface area contributed by atoms with Crippen molar-refractivity contribution in [1.82, 2.24) is 5.43 Å². The van der Waals surface area contributed by atoms with Gasteiger partial charge in [-0.1, -0.05) is 72.3 Å². The van der Waals surface area contributed by atoms with Crippen LogP contribution in [0.5, 0.6) is 0 Å². The van der Waals surface area contributed by atoms with Gasteiger partial charge in [0.25, 0.3) is 0 Å². The van der Waals surface area contributed by atoms with Crippen LogP contribution in [0.15, 0.2) is 84.0 Å². The lowest BCUT2D eigenvalue weighted by molar-refractivity contribution is -0.126. The van der Waals surface area contributed by atoms with E-state index in [1.165, 1.54) is 0 Å². The van der Waals surface area contributed by atoms with Gasteiger partial charge in [0.15, 0.2) is 0 Å². The molecule has 148 valence electrons. The molecule has 0 spiro atoms. The van der Waals surface area contributed by atoms with Gasteiger partial charge in [0, 0.05) is 5.56 Å². The molecule has 2 N–H and O–H groups in total. The van der Waals surface area contributed by atoms with Crippen molar-refractivity contribution in [2.45, 2.75) is 6.42 Å². The van der Waals surface area contributed by atoms with E-state index in [2.05, 4.69) is 21.9 Å². The summed E-state index contributed by atoms with van der Waals surface area (Å²) in [4.78, 5) is 24.2. The molecule has 0 atom stereocenters. The summed E-state index contributed by atoms with van der Waals surface area (Å²) in [5.74, 6) is -0.980. The van der Waals surface area contributed by atoms with Crippen molar-refractivity contribution in [2.24, 2.45) is 5.10 Å². The summed E-state index contributed by atoms with van der Waals surface area (Å²) < 4.78 is 0. The first-order valence-electron chi connectivity index (χ1n) is 9.38. The molecule has 4 aromatic carbocycles.